The SMILES string of the molecule is Cc1ccc(C(=O)NCC(C)(O)CN2CCOCC2)c(F)c1. The highest BCUT2D eigenvalue weighted by molar-refractivity contribution is 5.94. The third-order valence-corrected chi connectivity index (χ3v) is 3.67. The van der Waals surface area contributed by atoms with Crippen molar-refractivity contribution in [3.63, 3.8) is 0 Å². The zero-order valence-electron chi connectivity index (χ0n) is 13.1. The summed E-state index contributed by atoms with van der Waals surface area (Å²) in [5.74, 6) is -1.06. The van der Waals surface area contributed by atoms with Crippen molar-refractivity contribution in [3.8, 4) is 0 Å². The molecular formula is C16H23FN2O3. The van der Waals surface area contributed by atoms with Crippen LogP contribution in [0.2, 0.25) is 0 Å². The van der Waals surface area contributed by atoms with Gasteiger partial charge >= 0.3 is 0 Å². The number of morpholine rings is 1. The molecule has 1 fully saturated rings. The summed E-state index contributed by atoms with van der Waals surface area (Å²) in [6.07, 6.45) is 0. The number of amides is 1. The van der Waals surface area contributed by atoms with Crippen molar-refractivity contribution in [2.45, 2.75) is 19.4 Å². The molecule has 0 saturated carbocycles. The van der Waals surface area contributed by atoms with Crippen molar-refractivity contribution < 1.29 is 19.0 Å². The van der Waals surface area contributed by atoms with Crippen molar-refractivity contribution in [1.82, 2.24) is 10.2 Å². The van der Waals surface area contributed by atoms with Gasteiger partial charge in [-0.15, -0.1) is 0 Å². The molecule has 0 radical (unpaired) electrons. The van der Waals surface area contributed by atoms with Gasteiger partial charge in [0.15, 0.2) is 0 Å². The number of nitrogens with one attached hydrogen (secondary N) is 1. The van der Waals surface area contributed by atoms with Crippen LogP contribution in [0.1, 0.15) is 22.8 Å². The van der Waals surface area contributed by atoms with Gasteiger partial charge in [0.2, 0.25) is 0 Å². The average molecular weight is 310 g/mol. The molecule has 0 spiro atoms. The van der Waals surface area contributed by atoms with Gasteiger partial charge in [-0.25, -0.2) is 4.39 Å². The van der Waals surface area contributed by atoms with E-state index >= 15 is 0 Å². The number of hydrogen-bond donors (Lipinski definition) is 2. The second-order valence-corrected chi connectivity index (χ2v) is 6.05. The summed E-state index contributed by atoms with van der Waals surface area (Å²) in [6.45, 7) is 6.75. The summed E-state index contributed by atoms with van der Waals surface area (Å²) < 4.78 is 19.0. The fourth-order valence-corrected chi connectivity index (χ4v) is 2.47. The number of carbonyl (C=O) groups excluding carboxylic acids is 1. The summed E-state index contributed by atoms with van der Waals surface area (Å²) in [5, 5.41) is 13.0. The zero-order chi connectivity index (χ0) is 16.2. The molecule has 22 heavy (non-hydrogen) atoms. The fourth-order valence-electron chi connectivity index (χ4n) is 2.47. The summed E-state index contributed by atoms with van der Waals surface area (Å²) in [5.41, 5.74) is -0.324. The first kappa shape index (κ1) is 16.9. The maximum absolute atomic E-state index is 13.7. The van der Waals surface area contributed by atoms with E-state index in [0.717, 1.165) is 18.7 Å². The van der Waals surface area contributed by atoms with E-state index in [2.05, 4.69) is 10.2 Å². The Bertz CT molecular complexity index is 528. The molecule has 1 heterocycles. The Morgan fingerprint density at radius 1 is 1.45 bits per heavy atom. The third kappa shape index (κ3) is 4.76. The van der Waals surface area contributed by atoms with Gasteiger partial charge in [-0.05, 0) is 31.5 Å². The molecule has 1 amide bonds. The van der Waals surface area contributed by atoms with E-state index in [1.54, 1.807) is 19.9 Å². The van der Waals surface area contributed by atoms with Crippen LogP contribution >= 0.6 is 0 Å². The molecule has 1 aliphatic rings. The van der Waals surface area contributed by atoms with Crippen LogP contribution in [0.5, 0.6) is 0 Å². The van der Waals surface area contributed by atoms with E-state index in [4.69, 9.17) is 4.74 Å². The van der Waals surface area contributed by atoms with Crippen molar-refractivity contribution in [2.75, 3.05) is 39.4 Å². The number of β-amino-alcohol motifs (C(OH)–C–C–N with tert-alkyl or cyclic N) is 1. The Morgan fingerprint density at radius 2 is 2.14 bits per heavy atom. The highest BCUT2D eigenvalue weighted by atomic mass is 19.1. The van der Waals surface area contributed by atoms with Gasteiger partial charge in [0.25, 0.3) is 5.91 Å². The van der Waals surface area contributed by atoms with Gasteiger partial charge in [0.1, 0.15) is 5.82 Å². The van der Waals surface area contributed by atoms with Crippen LogP contribution in [-0.4, -0.2) is 60.9 Å². The van der Waals surface area contributed by atoms with Crippen molar-refractivity contribution >= 4 is 5.91 Å². The van der Waals surface area contributed by atoms with Crippen molar-refractivity contribution in [3.05, 3.63) is 35.1 Å². The molecule has 1 saturated heterocycles. The monoisotopic (exact) mass is 310 g/mol. The number of ether oxygens (including phenoxy) is 1. The van der Waals surface area contributed by atoms with E-state index in [1.165, 1.54) is 12.1 Å². The molecule has 6 heteroatoms. The molecule has 1 atom stereocenters. The molecule has 5 nitrogen and oxygen atoms in total. The van der Waals surface area contributed by atoms with Gasteiger partial charge in [-0.1, -0.05) is 6.07 Å². The summed E-state index contributed by atoms with van der Waals surface area (Å²) in [6, 6.07) is 4.46. The molecule has 0 bridgehead atoms. The van der Waals surface area contributed by atoms with Gasteiger partial charge < -0.3 is 15.2 Å². The van der Waals surface area contributed by atoms with E-state index < -0.39 is 17.3 Å². The second kappa shape index (κ2) is 7.17. The normalized spacial score (nSPS) is 18.7. The lowest BCUT2D eigenvalue weighted by molar-refractivity contribution is -0.0213. The number of halogens is 1. The predicted octanol–water partition coefficient (Wildman–Crippen LogP) is 0.947. The number of benzene rings is 1. The van der Waals surface area contributed by atoms with Crippen LogP contribution in [0, 0.1) is 12.7 Å². The van der Waals surface area contributed by atoms with Gasteiger partial charge in [0.05, 0.1) is 24.4 Å². The van der Waals surface area contributed by atoms with E-state index in [0.29, 0.717) is 19.8 Å². The Hall–Kier alpha value is -1.50. The minimum atomic E-state index is -1.08. The Balaban J connectivity index is 1.88. The lowest BCUT2D eigenvalue weighted by atomic mass is 10.1. The van der Waals surface area contributed by atoms with E-state index in [9.17, 15) is 14.3 Å². The lowest BCUT2D eigenvalue weighted by Gasteiger charge is -2.33. The zero-order valence-corrected chi connectivity index (χ0v) is 13.1. The highest BCUT2D eigenvalue weighted by Gasteiger charge is 2.26. The molecule has 1 aliphatic heterocycles. The second-order valence-electron chi connectivity index (χ2n) is 6.05. The summed E-state index contributed by atoms with van der Waals surface area (Å²) in [4.78, 5) is 14.1. The molecule has 1 unspecified atom stereocenters. The summed E-state index contributed by atoms with van der Waals surface area (Å²) >= 11 is 0. The van der Waals surface area contributed by atoms with Gasteiger partial charge in [-0.3, -0.25) is 9.69 Å². The van der Waals surface area contributed by atoms with Gasteiger partial charge in [-0.2, -0.15) is 0 Å². The molecule has 2 N–H and O–H groups in total. The Morgan fingerprint density at radius 3 is 2.77 bits per heavy atom. The predicted molar refractivity (Wildman–Crippen MR) is 81.4 cm³/mol. The number of rotatable bonds is 5. The van der Waals surface area contributed by atoms with Crippen LogP contribution in [0.3, 0.4) is 0 Å². The minimum absolute atomic E-state index is 0.00669. The van der Waals surface area contributed by atoms with E-state index in [1.807, 2.05) is 0 Å². The molecule has 2 rings (SSSR count). The van der Waals surface area contributed by atoms with Crippen LogP contribution in [0.25, 0.3) is 0 Å². The Labute approximate surface area is 130 Å². The van der Waals surface area contributed by atoms with Crippen molar-refractivity contribution in [1.29, 1.82) is 0 Å². The molecule has 0 aromatic heterocycles. The highest BCUT2D eigenvalue weighted by Crippen LogP contribution is 2.11. The lowest BCUT2D eigenvalue weighted by Crippen LogP contribution is -2.51. The number of carbonyl (C=O) groups is 1. The maximum Gasteiger partial charge on any atom is 0.254 e. The Kier molecular flexibility index (Phi) is 5.50. The quantitative estimate of drug-likeness (QED) is 0.850. The largest absolute Gasteiger partial charge is 0.387 e. The van der Waals surface area contributed by atoms with Gasteiger partial charge in [0, 0.05) is 26.2 Å². The van der Waals surface area contributed by atoms with Crippen LogP contribution in [0.15, 0.2) is 18.2 Å². The fraction of sp³-hybridized carbons (Fsp3) is 0.562. The maximum atomic E-state index is 13.7. The molecule has 1 aromatic rings. The topological polar surface area (TPSA) is 61.8 Å². The molecule has 1 aromatic carbocycles. The average Bonchev–Trinajstić information content (AvgIpc) is 2.45. The first-order valence-electron chi connectivity index (χ1n) is 7.44. The molecule has 122 valence electrons. The van der Waals surface area contributed by atoms with Crippen LogP contribution in [0.4, 0.5) is 4.39 Å². The molecule has 0 aliphatic carbocycles. The summed E-state index contributed by atoms with van der Waals surface area (Å²) in [7, 11) is 0. The first-order chi connectivity index (χ1) is 10.4. The minimum Gasteiger partial charge on any atom is -0.387 e. The first-order valence-corrected chi connectivity index (χ1v) is 7.44. The number of aryl methyl sites for hydroxylation is 1. The van der Waals surface area contributed by atoms with E-state index in [-0.39, 0.29) is 12.1 Å². The van der Waals surface area contributed by atoms with Crippen molar-refractivity contribution in [2.24, 2.45) is 0 Å². The third-order valence-electron chi connectivity index (χ3n) is 3.67. The standard InChI is InChI=1S/C16H23FN2O3/c1-12-3-4-13(14(17)9-12)15(20)18-10-16(2,21)11-19-5-7-22-8-6-19/h3-4,9,21H,5-8,10-11H2,1-2H3,(H,18,20). The number of aliphatic hydroxyl groups is 1. The molecular weight excluding hydrogens is 287 g/mol. The van der Waals surface area contributed by atoms with Crippen LogP contribution < -0.4 is 5.32 Å². The number of nitrogens with zero attached hydrogens (tertiary/aromatic N) is 1. The van der Waals surface area contributed by atoms with Crippen LogP contribution in [-0.2, 0) is 4.74 Å². The smallest absolute Gasteiger partial charge is 0.254 e. The number of hydrogen-bond acceptors (Lipinski definition) is 4.